The summed E-state index contributed by atoms with van der Waals surface area (Å²) in [5, 5.41) is 0. The molecule has 20 heavy (non-hydrogen) atoms. The van der Waals surface area contributed by atoms with Gasteiger partial charge in [0.05, 0.1) is 0 Å². The Labute approximate surface area is 122 Å². The van der Waals surface area contributed by atoms with Crippen LogP contribution in [0.25, 0.3) is 5.76 Å². The summed E-state index contributed by atoms with van der Waals surface area (Å²) in [5.41, 5.74) is 0.966. The molecule has 0 aliphatic heterocycles. The number of carbonyl (C=O) groups excluding carboxylic acids is 1. The lowest BCUT2D eigenvalue weighted by Crippen LogP contribution is -1.98. The van der Waals surface area contributed by atoms with Gasteiger partial charge in [-0.3, -0.25) is 4.79 Å². The smallest absolute Gasteiger partial charge is 0.308 e. The van der Waals surface area contributed by atoms with E-state index in [2.05, 4.69) is 6.92 Å². The topological polar surface area (TPSA) is 26.3 Å². The standard InChI is InChI=1S/C18H26O2/c1-3-4-5-6-7-8-12-15-18(20-16(2)19)17-13-10-9-11-14-17/h9-11,13-15H,3-8,12H2,1-2H3/b18-15-. The fraction of sp³-hybridized carbons (Fsp3) is 0.500. The second kappa shape index (κ2) is 10.2. The number of rotatable bonds is 9. The van der Waals surface area contributed by atoms with E-state index in [1.807, 2.05) is 36.4 Å². The van der Waals surface area contributed by atoms with E-state index in [-0.39, 0.29) is 5.97 Å². The summed E-state index contributed by atoms with van der Waals surface area (Å²) in [6.07, 6.45) is 10.6. The van der Waals surface area contributed by atoms with E-state index in [0.29, 0.717) is 5.76 Å². The number of unbranched alkanes of at least 4 members (excludes halogenated alkanes) is 6. The van der Waals surface area contributed by atoms with E-state index in [4.69, 9.17) is 4.74 Å². The highest BCUT2D eigenvalue weighted by Crippen LogP contribution is 2.18. The summed E-state index contributed by atoms with van der Waals surface area (Å²) in [6.45, 7) is 3.68. The first kappa shape index (κ1) is 16.5. The maximum atomic E-state index is 11.2. The Hall–Kier alpha value is -1.57. The van der Waals surface area contributed by atoms with E-state index < -0.39 is 0 Å². The maximum Gasteiger partial charge on any atom is 0.308 e. The Balaban J connectivity index is 2.44. The molecule has 0 saturated carbocycles. The Morgan fingerprint density at radius 1 is 1.05 bits per heavy atom. The van der Waals surface area contributed by atoms with Crippen LogP contribution in [-0.4, -0.2) is 5.97 Å². The lowest BCUT2D eigenvalue weighted by atomic mass is 10.1. The maximum absolute atomic E-state index is 11.2. The molecule has 1 rings (SSSR count). The molecule has 0 bridgehead atoms. The zero-order chi connectivity index (χ0) is 14.6. The second-order valence-electron chi connectivity index (χ2n) is 5.08. The summed E-state index contributed by atoms with van der Waals surface area (Å²) >= 11 is 0. The summed E-state index contributed by atoms with van der Waals surface area (Å²) in [5.74, 6) is 0.426. The fourth-order valence-corrected chi connectivity index (χ4v) is 2.13. The number of benzene rings is 1. The normalized spacial score (nSPS) is 11.4. The molecule has 0 aromatic heterocycles. The summed E-state index contributed by atoms with van der Waals surface area (Å²) in [7, 11) is 0. The van der Waals surface area contributed by atoms with Crippen molar-refractivity contribution in [3.05, 3.63) is 42.0 Å². The minimum atomic E-state index is -0.261. The number of hydrogen-bond donors (Lipinski definition) is 0. The lowest BCUT2D eigenvalue weighted by molar-refractivity contribution is -0.134. The molecule has 0 amide bonds. The molecule has 0 unspecified atom stereocenters. The minimum Gasteiger partial charge on any atom is -0.426 e. The van der Waals surface area contributed by atoms with Crippen LogP contribution >= 0.6 is 0 Å². The van der Waals surface area contributed by atoms with Gasteiger partial charge in [-0.15, -0.1) is 0 Å². The van der Waals surface area contributed by atoms with Crippen molar-refractivity contribution < 1.29 is 9.53 Å². The molecule has 0 spiro atoms. The van der Waals surface area contributed by atoms with Crippen molar-refractivity contribution in [3.8, 4) is 0 Å². The third-order valence-corrected chi connectivity index (χ3v) is 3.20. The quantitative estimate of drug-likeness (QED) is 0.345. The Bertz CT molecular complexity index is 407. The first-order valence-corrected chi connectivity index (χ1v) is 7.68. The van der Waals surface area contributed by atoms with Gasteiger partial charge in [0.15, 0.2) is 0 Å². The molecule has 2 heteroatoms. The Morgan fingerprint density at radius 3 is 2.35 bits per heavy atom. The number of carbonyl (C=O) groups is 1. The van der Waals surface area contributed by atoms with Gasteiger partial charge < -0.3 is 4.74 Å². The van der Waals surface area contributed by atoms with Crippen molar-refractivity contribution in [2.45, 2.75) is 58.8 Å². The van der Waals surface area contributed by atoms with Gasteiger partial charge in [0.1, 0.15) is 5.76 Å². The molecule has 0 atom stereocenters. The average molecular weight is 274 g/mol. The first-order valence-electron chi connectivity index (χ1n) is 7.68. The van der Waals surface area contributed by atoms with E-state index in [9.17, 15) is 4.79 Å². The molecule has 0 N–H and O–H groups in total. The van der Waals surface area contributed by atoms with Crippen molar-refractivity contribution in [1.82, 2.24) is 0 Å². The number of esters is 1. The molecular formula is C18H26O2. The van der Waals surface area contributed by atoms with Gasteiger partial charge in [0, 0.05) is 12.5 Å². The van der Waals surface area contributed by atoms with Crippen LogP contribution < -0.4 is 0 Å². The molecule has 0 heterocycles. The van der Waals surface area contributed by atoms with E-state index in [1.54, 1.807) is 0 Å². The van der Waals surface area contributed by atoms with Crippen molar-refractivity contribution in [3.63, 3.8) is 0 Å². The van der Waals surface area contributed by atoms with E-state index >= 15 is 0 Å². The summed E-state index contributed by atoms with van der Waals surface area (Å²) < 4.78 is 5.30. The van der Waals surface area contributed by atoms with E-state index in [1.165, 1.54) is 39.0 Å². The molecule has 0 aliphatic carbocycles. The van der Waals surface area contributed by atoms with Crippen LogP contribution in [0.2, 0.25) is 0 Å². The number of allylic oxidation sites excluding steroid dienone is 1. The molecular weight excluding hydrogens is 248 g/mol. The molecule has 0 aliphatic rings. The van der Waals surface area contributed by atoms with Crippen molar-refractivity contribution in [1.29, 1.82) is 0 Å². The molecule has 110 valence electrons. The predicted molar refractivity (Wildman–Crippen MR) is 84.2 cm³/mol. The monoisotopic (exact) mass is 274 g/mol. The van der Waals surface area contributed by atoms with Crippen molar-refractivity contribution in [2.75, 3.05) is 0 Å². The highest BCUT2D eigenvalue weighted by atomic mass is 16.5. The van der Waals surface area contributed by atoms with Crippen LogP contribution in [0.3, 0.4) is 0 Å². The van der Waals surface area contributed by atoms with E-state index in [0.717, 1.165) is 18.4 Å². The van der Waals surface area contributed by atoms with Gasteiger partial charge in [0.25, 0.3) is 0 Å². The Kier molecular flexibility index (Phi) is 8.44. The fourth-order valence-electron chi connectivity index (χ4n) is 2.13. The van der Waals surface area contributed by atoms with Crippen LogP contribution in [0.15, 0.2) is 36.4 Å². The zero-order valence-electron chi connectivity index (χ0n) is 12.7. The second-order valence-corrected chi connectivity index (χ2v) is 5.08. The summed E-state index contributed by atoms with van der Waals surface area (Å²) in [4.78, 5) is 11.2. The summed E-state index contributed by atoms with van der Waals surface area (Å²) in [6, 6.07) is 9.81. The first-order chi connectivity index (χ1) is 9.74. The minimum absolute atomic E-state index is 0.261. The van der Waals surface area contributed by atoms with Gasteiger partial charge in [-0.2, -0.15) is 0 Å². The third-order valence-electron chi connectivity index (χ3n) is 3.20. The van der Waals surface area contributed by atoms with Gasteiger partial charge >= 0.3 is 5.97 Å². The zero-order valence-corrected chi connectivity index (χ0v) is 12.7. The highest BCUT2D eigenvalue weighted by Gasteiger charge is 2.04. The van der Waals surface area contributed by atoms with Crippen molar-refractivity contribution in [2.24, 2.45) is 0 Å². The van der Waals surface area contributed by atoms with Crippen LogP contribution in [0.4, 0.5) is 0 Å². The van der Waals surface area contributed by atoms with Gasteiger partial charge in [-0.25, -0.2) is 0 Å². The SMILES string of the molecule is CCCCCCCC/C=C(\OC(C)=O)c1ccccc1. The van der Waals surface area contributed by atoms with Crippen molar-refractivity contribution >= 4 is 11.7 Å². The number of hydrogen-bond acceptors (Lipinski definition) is 2. The molecule has 1 aromatic carbocycles. The van der Waals surface area contributed by atoms with Crippen LogP contribution in [0.1, 0.15) is 64.4 Å². The average Bonchev–Trinajstić information content (AvgIpc) is 2.45. The molecule has 1 aromatic rings. The molecule has 2 nitrogen and oxygen atoms in total. The highest BCUT2D eigenvalue weighted by molar-refractivity contribution is 5.76. The van der Waals surface area contributed by atoms with Gasteiger partial charge in [0.2, 0.25) is 0 Å². The van der Waals surface area contributed by atoms with Gasteiger partial charge in [-0.1, -0.05) is 69.4 Å². The Morgan fingerprint density at radius 2 is 1.70 bits per heavy atom. The lowest BCUT2D eigenvalue weighted by Gasteiger charge is -2.07. The van der Waals surface area contributed by atoms with Crippen LogP contribution in [0.5, 0.6) is 0 Å². The van der Waals surface area contributed by atoms with Gasteiger partial charge in [-0.05, 0) is 18.9 Å². The molecule has 0 saturated heterocycles. The largest absolute Gasteiger partial charge is 0.426 e. The van der Waals surface area contributed by atoms with Crippen LogP contribution in [0, 0.1) is 0 Å². The number of ether oxygens (including phenoxy) is 1. The van der Waals surface area contributed by atoms with Crippen LogP contribution in [-0.2, 0) is 9.53 Å². The molecule has 0 radical (unpaired) electrons. The predicted octanol–water partition coefficient (Wildman–Crippen LogP) is 5.34. The third kappa shape index (κ3) is 7.13. The molecule has 0 fully saturated rings.